The van der Waals surface area contributed by atoms with Crippen LogP contribution in [0.5, 0.6) is 11.8 Å². The number of nitrogens with one attached hydrogen (secondary N) is 1. The van der Waals surface area contributed by atoms with Gasteiger partial charge in [0.15, 0.2) is 5.82 Å². The summed E-state index contributed by atoms with van der Waals surface area (Å²) in [6.45, 7) is 2.66. The van der Waals surface area contributed by atoms with E-state index in [1.165, 1.54) is 6.07 Å². The van der Waals surface area contributed by atoms with Crippen LogP contribution in [0.4, 0.5) is 8.78 Å². The maximum Gasteiger partial charge on any atom is 0.336 e. The highest BCUT2D eigenvalue weighted by Gasteiger charge is 2.20. The van der Waals surface area contributed by atoms with Crippen LogP contribution in [0, 0.1) is 18.6 Å². The van der Waals surface area contributed by atoms with Crippen LogP contribution < -0.4 is 16.2 Å². The number of rotatable bonds is 9. The molecule has 0 aliphatic rings. The molecule has 5 aromatic rings. The number of fused-ring (bicyclic) bond motifs is 1. The quantitative estimate of drug-likeness (QED) is 0.154. The smallest absolute Gasteiger partial charge is 0.336 e. The van der Waals surface area contributed by atoms with Gasteiger partial charge in [-0.15, -0.1) is 0 Å². The number of aryl methyl sites for hydroxylation is 1. The number of ether oxygens (including phenoxy) is 1. The second-order valence-corrected chi connectivity index (χ2v) is 9.49. The van der Waals surface area contributed by atoms with Crippen molar-refractivity contribution in [2.75, 3.05) is 13.1 Å². The molecule has 0 aliphatic heterocycles. The molecule has 10 heteroatoms. The van der Waals surface area contributed by atoms with Gasteiger partial charge in [0, 0.05) is 24.5 Å². The van der Waals surface area contributed by atoms with Crippen LogP contribution in [0.2, 0.25) is 0 Å². The van der Waals surface area contributed by atoms with Crippen molar-refractivity contribution in [1.82, 2.24) is 9.97 Å². The van der Waals surface area contributed by atoms with Gasteiger partial charge in [-0.05, 0) is 52.9 Å². The van der Waals surface area contributed by atoms with E-state index in [0.29, 0.717) is 29.9 Å². The summed E-state index contributed by atoms with van der Waals surface area (Å²) < 4.78 is 36.3. The number of hydrogen-bond donors (Lipinski definition) is 4. The summed E-state index contributed by atoms with van der Waals surface area (Å²) in [7, 11) is 0. The average Bonchev–Trinajstić information content (AvgIpc) is 3.39. The standard InChI is InChI=1S/C32H27F2N5O3/c1-18-2-11-23(16-24(18)31(40)41)42-32-38-27-17-25(33)28(29(34)30(27)39-32)22-9-5-20(6-10-22)19-3-7-21(8-4-19)26(36)12-14-37-15-13-35/h2-12,14,16-17H,13,15,35-36H2,1H3,(H,38,39)(H,40,41). The molecule has 0 atom stereocenters. The molecule has 42 heavy (non-hydrogen) atoms. The number of hydrogen-bond acceptors (Lipinski definition) is 6. The number of benzene rings is 4. The number of aromatic carboxylic acids is 1. The molecule has 0 saturated heterocycles. The van der Waals surface area contributed by atoms with Gasteiger partial charge in [0.2, 0.25) is 0 Å². The van der Waals surface area contributed by atoms with Crippen molar-refractivity contribution in [1.29, 1.82) is 0 Å². The molecule has 4 aromatic carbocycles. The van der Waals surface area contributed by atoms with E-state index in [-0.39, 0.29) is 33.9 Å². The Balaban J connectivity index is 1.38. The Morgan fingerprint density at radius 1 is 1.02 bits per heavy atom. The minimum Gasteiger partial charge on any atom is -0.478 e. The highest BCUT2D eigenvalue weighted by Crippen LogP contribution is 2.34. The number of nitrogens with zero attached hydrogens (tertiary/aromatic N) is 2. The molecule has 0 spiro atoms. The van der Waals surface area contributed by atoms with Crippen LogP contribution >= 0.6 is 0 Å². The molecule has 8 nitrogen and oxygen atoms in total. The predicted octanol–water partition coefficient (Wildman–Crippen LogP) is 6.30. The SMILES string of the molecule is Cc1ccc(Oc2nc3c(F)c(-c4ccc(-c5ccc(C(N)=CC=NCCN)cc5)cc4)c(F)cc3[nH]2)cc1C(=O)O. The maximum atomic E-state index is 15.6. The number of H-pyrrole nitrogens is 1. The largest absolute Gasteiger partial charge is 0.478 e. The van der Waals surface area contributed by atoms with Gasteiger partial charge in [0.25, 0.3) is 6.01 Å². The van der Waals surface area contributed by atoms with Crippen molar-refractivity contribution < 1.29 is 23.4 Å². The van der Waals surface area contributed by atoms with Crippen LogP contribution in [-0.2, 0) is 0 Å². The first-order valence-electron chi connectivity index (χ1n) is 13.0. The van der Waals surface area contributed by atoms with Crippen molar-refractivity contribution in [2.45, 2.75) is 6.92 Å². The lowest BCUT2D eigenvalue weighted by Crippen LogP contribution is -2.02. The summed E-state index contributed by atoms with van der Waals surface area (Å²) in [5.41, 5.74) is 15.4. The Morgan fingerprint density at radius 3 is 2.36 bits per heavy atom. The zero-order valence-corrected chi connectivity index (χ0v) is 22.6. The van der Waals surface area contributed by atoms with Gasteiger partial charge < -0.3 is 26.3 Å². The minimum absolute atomic E-state index is 0.0625. The first-order valence-corrected chi connectivity index (χ1v) is 13.0. The lowest BCUT2D eigenvalue weighted by atomic mass is 9.98. The van der Waals surface area contributed by atoms with Crippen molar-refractivity contribution in [3.05, 3.63) is 107 Å². The molecule has 0 aliphatic carbocycles. The van der Waals surface area contributed by atoms with Crippen LogP contribution in [0.15, 0.2) is 83.9 Å². The monoisotopic (exact) mass is 567 g/mol. The number of aliphatic imine (C=N–C) groups is 1. The Labute approximate surface area is 240 Å². The van der Waals surface area contributed by atoms with E-state index >= 15 is 8.78 Å². The second kappa shape index (κ2) is 12.0. The molecule has 0 fully saturated rings. The number of aromatic nitrogens is 2. The van der Waals surface area contributed by atoms with E-state index in [0.717, 1.165) is 22.8 Å². The number of allylic oxidation sites excluding steroid dienone is 1. The van der Waals surface area contributed by atoms with E-state index < -0.39 is 17.6 Å². The highest BCUT2D eigenvalue weighted by atomic mass is 19.1. The molecular formula is C32H27F2N5O3. The number of carboxylic acid groups (broad SMARTS) is 1. The topological polar surface area (TPSA) is 140 Å². The lowest BCUT2D eigenvalue weighted by Gasteiger charge is -2.08. The molecule has 1 aromatic heterocycles. The van der Waals surface area contributed by atoms with E-state index in [4.69, 9.17) is 16.2 Å². The molecule has 0 unspecified atom stereocenters. The molecule has 1 heterocycles. The summed E-state index contributed by atoms with van der Waals surface area (Å²) in [4.78, 5) is 22.4. The molecule has 0 radical (unpaired) electrons. The van der Waals surface area contributed by atoms with Crippen LogP contribution in [0.25, 0.3) is 39.0 Å². The number of nitrogens with two attached hydrogens (primary N) is 2. The fourth-order valence-corrected chi connectivity index (χ4v) is 4.44. The summed E-state index contributed by atoms with van der Waals surface area (Å²) in [6, 6.07) is 20.0. The van der Waals surface area contributed by atoms with Gasteiger partial charge >= 0.3 is 5.97 Å². The van der Waals surface area contributed by atoms with Crippen molar-refractivity contribution in [3.8, 4) is 34.0 Å². The number of carbonyl (C=O) groups is 1. The predicted molar refractivity (Wildman–Crippen MR) is 160 cm³/mol. The first-order chi connectivity index (χ1) is 20.2. The fraction of sp³-hybridized carbons (Fsp3) is 0.0938. The Bertz CT molecular complexity index is 1830. The summed E-state index contributed by atoms with van der Waals surface area (Å²) in [5.74, 6) is -2.53. The number of carboxylic acids is 1. The fourth-order valence-electron chi connectivity index (χ4n) is 4.44. The van der Waals surface area contributed by atoms with Gasteiger partial charge in [0.1, 0.15) is 17.1 Å². The van der Waals surface area contributed by atoms with Gasteiger partial charge in [0.05, 0.1) is 23.2 Å². The summed E-state index contributed by atoms with van der Waals surface area (Å²) >= 11 is 0. The molecular weight excluding hydrogens is 540 g/mol. The van der Waals surface area contributed by atoms with Crippen molar-refractivity contribution >= 4 is 28.9 Å². The molecule has 0 bridgehead atoms. The third-order valence-corrected chi connectivity index (χ3v) is 6.64. The summed E-state index contributed by atoms with van der Waals surface area (Å²) in [5, 5.41) is 9.35. The number of halogens is 2. The lowest BCUT2D eigenvalue weighted by molar-refractivity contribution is 0.0695. The Morgan fingerprint density at radius 2 is 1.69 bits per heavy atom. The molecule has 0 saturated carbocycles. The zero-order chi connectivity index (χ0) is 29.8. The molecule has 212 valence electrons. The van der Waals surface area contributed by atoms with Crippen molar-refractivity contribution in [3.63, 3.8) is 0 Å². The van der Waals surface area contributed by atoms with Gasteiger partial charge in [-0.25, -0.2) is 13.6 Å². The molecule has 0 amide bonds. The third kappa shape index (κ3) is 5.89. The number of imidazole rings is 1. The van der Waals surface area contributed by atoms with Gasteiger partial charge in [-0.1, -0.05) is 54.6 Å². The Hall–Kier alpha value is -5.35. The van der Waals surface area contributed by atoms with Crippen molar-refractivity contribution in [2.24, 2.45) is 16.5 Å². The van der Waals surface area contributed by atoms with Crippen LogP contribution in [0.3, 0.4) is 0 Å². The second-order valence-electron chi connectivity index (χ2n) is 9.49. The summed E-state index contributed by atoms with van der Waals surface area (Å²) in [6.07, 6.45) is 3.34. The van der Waals surface area contributed by atoms with E-state index in [9.17, 15) is 9.90 Å². The normalized spacial score (nSPS) is 11.9. The number of aromatic amines is 1. The van der Waals surface area contributed by atoms with Gasteiger partial charge in [-0.2, -0.15) is 4.98 Å². The average molecular weight is 568 g/mol. The van der Waals surface area contributed by atoms with Crippen LogP contribution in [0.1, 0.15) is 21.5 Å². The van der Waals surface area contributed by atoms with Gasteiger partial charge in [-0.3, -0.25) is 4.99 Å². The van der Waals surface area contributed by atoms with E-state index in [2.05, 4.69) is 15.0 Å². The first kappa shape index (κ1) is 28.2. The molecule has 6 N–H and O–H groups in total. The van der Waals surface area contributed by atoms with E-state index in [1.807, 2.05) is 24.3 Å². The maximum absolute atomic E-state index is 15.6. The zero-order valence-electron chi connectivity index (χ0n) is 22.6. The molecule has 5 rings (SSSR count). The minimum atomic E-state index is -1.11. The Kier molecular flexibility index (Phi) is 8.07. The van der Waals surface area contributed by atoms with Crippen LogP contribution in [-0.4, -0.2) is 40.3 Å². The van der Waals surface area contributed by atoms with E-state index in [1.54, 1.807) is 55.6 Å². The third-order valence-electron chi connectivity index (χ3n) is 6.64. The highest BCUT2D eigenvalue weighted by molar-refractivity contribution is 5.90.